The zero-order valence-electron chi connectivity index (χ0n) is 11.0. The van der Waals surface area contributed by atoms with E-state index in [2.05, 4.69) is 10.3 Å². The van der Waals surface area contributed by atoms with E-state index in [0.29, 0.717) is 6.54 Å². The molecule has 2 rings (SSSR count). The maximum Gasteiger partial charge on any atom is 0.0667 e. The number of pyridine rings is 1. The van der Waals surface area contributed by atoms with Crippen LogP contribution in [0.4, 0.5) is 0 Å². The number of aliphatic hydroxyl groups is 1. The summed E-state index contributed by atoms with van der Waals surface area (Å²) in [6.07, 6.45) is 8.86. The van der Waals surface area contributed by atoms with Crippen LogP contribution in [0.1, 0.15) is 37.8 Å². The second-order valence-corrected chi connectivity index (χ2v) is 5.32. The van der Waals surface area contributed by atoms with E-state index >= 15 is 0 Å². The molecule has 1 aliphatic carbocycles. The van der Waals surface area contributed by atoms with Crippen LogP contribution in [-0.2, 0) is 6.42 Å². The van der Waals surface area contributed by atoms with Crippen molar-refractivity contribution in [3.63, 3.8) is 0 Å². The molecule has 0 spiro atoms. The van der Waals surface area contributed by atoms with Crippen molar-refractivity contribution in [1.29, 1.82) is 0 Å². The third-order valence-electron chi connectivity index (χ3n) is 3.74. The molecule has 0 aliphatic heterocycles. The molecule has 18 heavy (non-hydrogen) atoms. The Hall–Kier alpha value is -0.930. The van der Waals surface area contributed by atoms with Crippen LogP contribution in [0.5, 0.6) is 0 Å². The molecule has 1 heterocycles. The van der Waals surface area contributed by atoms with Crippen molar-refractivity contribution in [3.8, 4) is 0 Å². The lowest BCUT2D eigenvalue weighted by molar-refractivity contribution is 0.141. The van der Waals surface area contributed by atoms with E-state index < -0.39 is 0 Å². The van der Waals surface area contributed by atoms with Crippen molar-refractivity contribution in [2.45, 2.75) is 44.6 Å². The average Bonchev–Trinajstić information content (AvgIpc) is 2.89. The lowest BCUT2D eigenvalue weighted by atomic mass is 10.00. The van der Waals surface area contributed by atoms with Crippen LogP contribution in [-0.4, -0.2) is 29.3 Å². The summed E-state index contributed by atoms with van der Waals surface area (Å²) >= 11 is 0. The molecular weight excluding hydrogens is 224 g/mol. The monoisotopic (exact) mass is 248 g/mol. The summed E-state index contributed by atoms with van der Waals surface area (Å²) in [6.45, 7) is 1.60. The Morgan fingerprint density at radius 3 is 2.89 bits per heavy atom. The van der Waals surface area contributed by atoms with E-state index in [1.54, 1.807) is 0 Å². The Morgan fingerprint density at radius 1 is 1.33 bits per heavy atom. The summed E-state index contributed by atoms with van der Waals surface area (Å²) in [5.41, 5.74) is 1.11. The Morgan fingerprint density at radius 2 is 2.17 bits per heavy atom. The van der Waals surface area contributed by atoms with Crippen LogP contribution in [0.15, 0.2) is 24.4 Å². The van der Waals surface area contributed by atoms with Crippen LogP contribution in [0.3, 0.4) is 0 Å². The normalized spacial score (nSPS) is 18.1. The topological polar surface area (TPSA) is 45.1 Å². The number of hydrogen-bond donors (Lipinski definition) is 2. The molecule has 0 amide bonds. The Bertz CT molecular complexity index is 323. The van der Waals surface area contributed by atoms with Gasteiger partial charge in [0.05, 0.1) is 6.10 Å². The molecule has 2 N–H and O–H groups in total. The minimum Gasteiger partial charge on any atom is -0.392 e. The second kappa shape index (κ2) is 7.49. The minimum absolute atomic E-state index is 0.183. The second-order valence-electron chi connectivity index (χ2n) is 5.32. The Balaban J connectivity index is 1.54. The highest BCUT2D eigenvalue weighted by Gasteiger charge is 2.18. The first kappa shape index (κ1) is 13.5. The van der Waals surface area contributed by atoms with Crippen LogP contribution in [0, 0.1) is 5.92 Å². The minimum atomic E-state index is -0.183. The van der Waals surface area contributed by atoms with Gasteiger partial charge in [0.1, 0.15) is 0 Å². The predicted octanol–water partition coefficient (Wildman–Crippen LogP) is 2.15. The molecule has 1 fully saturated rings. The number of rotatable bonds is 7. The first-order valence-corrected chi connectivity index (χ1v) is 7.13. The number of nitrogens with zero attached hydrogens (tertiary/aromatic N) is 1. The Kier molecular flexibility index (Phi) is 5.62. The molecular formula is C15H24N2O. The SMILES string of the molecule is OC(CNCCc1ccccn1)CC1CCCC1. The molecule has 0 bridgehead atoms. The number of hydrogen-bond acceptors (Lipinski definition) is 3. The van der Waals surface area contributed by atoms with Gasteiger partial charge >= 0.3 is 0 Å². The van der Waals surface area contributed by atoms with Gasteiger partial charge in [-0.05, 0) is 24.5 Å². The predicted molar refractivity (Wildman–Crippen MR) is 73.4 cm³/mol. The zero-order valence-corrected chi connectivity index (χ0v) is 11.0. The largest absolute Gasteiger partial charge is 0.392 e. The molecule has 100 valence electrons. The smallest absolute Gasteiger partial charge is 0.0667 e. The third kappa shape index (κ3) is 4.75. The molecule has 1 saturated carbocycles. The van der Waals surface area contributed by atoms with Gasteiger partial charge in [-0.25, -0.2) is 0 Å². The van der Waals surface area contributed by atoms with Gasteiger partial charge in [0.25, 0.3) is 0 Å². The Labute approximate surface area is 110 Å². The number of nitrogens with one attached hydrogen (secondary N) is 1. The molecule has 1 aromatic rings. The summed E-state index contributed by atoms with van der Waals surface area (Å²) < 4.78 is 0. The molecule has 1 unspecified atom stereocenters. The third-order valence-corrected chi connectivity index (χ3v) is 3.74. The highest BCUT2D eigenvalue weighted by atomic mass is 16.3. The molecule has 1 atom stereocenters. The van der Waals surface area contributed by atoms with E-state index in [4.69, 9.17) is 0 Å². The van der Waals surface area contributed by atoms with E-state index in [0.717, 1.165) is 31.0 Å². The molecule has 3 heteroatoms. The van der Waals surface area contributed by atoms with Crippen LogP contribution in [0.25, 0.3) is 0 Å². The highest BCUT2D eigenvalue weighted by Crippen LogP contribution is 2.28. The average molecular weight is 248 g/mol. The van der Waals surface area contributed by atoms with Crippen molar-refractivity contribution in [2.24, 2.45) is 5.92 Å². The van der Waals surface area contributed by atoms with Crippen molar-refractivity contribution in [2.75, 3.05) is 13.1 Å². The van der Waals surface area contributed by atoms with Gasteiger partial charge in [0, 0.05) is 31.4 Å². The molecule has 3 nitrogen and oxygen atoms in total. The number of aromatic nitrogens is 1. The fourth-order valence-electron chi connectivity index (χ4n) is 2.75. The summed E-state index contributed by atoms with van der Waals surface area (Å²) in [4.78, 5) is 4.28. The van der Waals surface area contributed by atoms with Crippen LogP contribution in [0.2, 0.25) is 0 Å². The first-order valence-electron chi connectivity index (χ1n) is 7.13. The van der Waals surface area contributed by atoms with Crippen LogP contribution >= 0.6 is 0 Å². The first-order chi connectivity index (χ1) is 8.84. The van der Waals surface area contributed by atoms with Crippen molar-refractivity contribution in [1.82, 2.24) is 10.3 Å². The van der Waals surface area contributed by atoms with Gasteiger partial charge in [-0.2, -0.15) is 0 Å². The van der Waals surface area contributed by atoms with Gasteiger partial charge in [-0.1, -0.05) is 31.7 Å². The quantitative estimate of drug-likeness (QED) is 0.727. The van der Waals surface area contributed by atoms with E-state index in [1.807, 2.05) is 24.4 Å². The highest BCUT2D eigenvalue weighted by molar-refractivity contribution is 5.03. The van der Waals surface area contributed by atoms with Gasteiger partial charge in [0.2, 0.25) is 0 Å². The van der Waals surface area contributed by atoms with E-state index in [-0.39, 0.29) is 6.10 Å². The lowest BCUT2D eigenvalue weighted by Gasteiger charge is -2.15. The maximum absolute atomic E-state index is 9.93. The van der Waals surface area contributed by atoms with Gasteiger partial charge in [0.15, 0.2) is 0 Å². The van der Waals surface area contributed by atoms with Gasteiger partial charge in [-0.15, -0.1) is 0 Å². The summed E-state index contributed by atoms with van der Waals surface area (Å²) in [5, 5.41) is 13.2. The van der Waals surface area contributed by atoms with E-state index in [1.165, 1.54) is 25.7 Å². The van der Waals surface area contributed by atoms with Crippen LogP contribution < -0.4 is 5.32 Å². The molecule has 0 aromatic carbocycles. The summed E-state index contributed by atoms with van der Waals surface area (Å²) in [6, 6.07) is 5.98. The summed E-state index contributed by atoms with van der Waals surface area (Å²) in [7, 11) is 0. The van der Waals surface area contributed by atoms with Gasteiger partial charge in [-0.3, -0.25) is 4.98 Å². The number of aliphatic hydroxyl groups excluding tert-OH is 1. The van der Waals surface area contributed by atoms with E-state index in [9.17, 15) is 5.11 Å². The standard InChI is InChI=1S/C15H24N2O/c18-15(11-13-5-1-2-6-13)12-16-10-8-14-7-3-4-9-17-14/h3-4,7,9,13,15-16,18H,1-2,5-6,8,10-12H2. The fourth-order valence-corrected chi connectivity index (χ4v) is 2.75. The zero-order chi connectivity index (χ0) is 12.6. The molecule has 0 radical (unpaired) electrons. The lowest BCUT2D eigenvalue weighted by Crippen LogP contribution is -2.29. The van der Waals surface area contributed by atoms with Crippen molar-refractivity contribution < 1.29 is 5.11 Å². The van der Waals surface area contributed by atoms with Crippen molar-refractivity contribution in [3.05, 3.63) is 30.1 Å². The fraction of sp³-hybridized carbons (Fsp3) is 0.667. The maximum atomic E-state index is 9.93. The summed E-state index contributed by atoms with van der Waals surface area (Å²) in [5.74, 6) is 0.762. The van der Waals surface area contributed by atoms with Gasteiger partial charge < -0.3 is 10.4 Å². The molecule has 1 aromatic heterocycles. The molecule has 0 saturated heterocycles. The molecule has 1 aliphatic rings. The van der Waals surface area contributed by atoms with Crippen molar-refractivity contribution >= 4 is 0 Å².